The summed E-state index contributed by atoms with van der Waals surface area (Å²) in [7, 11) is 0. The van der Waals surface area contributed by atoms with E-state index in [2.05, 4.69) is 6.58 Å². The summed E-state index contributed by atoms with van der Waals surface area (Å²) in [5, 5.41) is 0. The van der Waals surface area contributed by atoms with Crippen LogP contribution in [0.25, 0.3) is 0 Å². The first-order valence-electron chi connectivity index (χ1n) is 3.66. The monoisotopic (exact) mass is 162 g/mol. The fourth-order valence-corrected chi connectivity index (χ4v) is 0.730. The van der Waals surface area contributed by atoms with Gasteiger partial charge >= 0.3 is 0 Å². The third-order valence-corrected chi connectivity index (χ3v) is 1.35. The van der Waals surface area contributed by atoms with E-state index in [1.165, 1.54) is 6.08 Å². The van der Waals surface area contributed by atoms with Gasteiger partial charge in [0.1, 0.15) is 5.75 Å². The van der Waals surface area contributed by atoms with Crippen LogP contribution in [-0.2, 0) is 4.79 Å². The van der Waals surface area contributed by atoms with Crippen LogP contribution in [0.15, 0.2) is 43.0 Å². The number of benzene rings is 1. The van der Waals surface area contributed by atoms with E-state index in [9.17, 15) is 4.79 Å². The van der Waals surface area contributed by atoms with Crippen molar-refractivity contribution in [3.63, 3.8) is 0 Å². The zero-order valence-electron chi connectivity index (χ0n) is 6.69. The molecule has 2 heteroatoms. The van der Waals surface area contributed by atoms with Crippen LogP contribution in [0, 0.1) is 0 Å². The van der Waals surface area contributed by atoms with E-state index in [0.717, 1.165) is 0 Å². The average Bonchev–Trinajstić information content (AvgIpc) is 2.16. The minimum absolute atomic E-state index is 0.0630. The van der Waals surface area contributed by atoms with E-state index < -0.39 is 0 Å². The van der Waals surface area contributed by atoms with E-state index >= 15 is 0 Å². The normalized spacial score (nSPS) is 9.00. The van der Waals surface area contributed by atoms with Crippen molar-refractivity contribution in [2.24, 2.45) is 0 Å². The maximum Gasteiger partial charge on any atom is 0.192 e. The number of ether oxygens (including phenoxy) is 1. The molecule has 2 nitrogen and oxygen atoms in total. The van der Waals surface area contributed by atoms with Crippen molar-refractivity contribution in [2.75, 3.05) is 6.61 Å². The Bertz CT molecular complexity index is 264. The number of ketones is 1. The Labute approximate surface area is 71.5 Å². The molecule has 1 aromatic rings. The van der Waals surface area contributed by atoms with Gasteiger partial charge < -0.3 is 4.74 Å². The Balaban J connectivity index is 2.43. The van der Waals surface area contributed by atoms with Gasteiger partial charge in [-0.15, -0.1) is 0 Å². The van der Waals surface area contributed by atoms with Crippen molar-refractivity contribution in [1.82, 2.24) is 0 Å². The Hall–Kier alpha value is -1.57. The minimum Gasteiger partial charge on any atom is -0.485 e. The first-order valence-corrected chi connectivity index (χ1v) is 3.66. The first kappa shape index (κ1) is 8.53. The van der Waals surface area contributed by atoms with Gasteiger partial charge in [0.05, 0.1) is 0 Å². The van der Waals surface area contributed by atoms with Crippen LogP contribution >= 0.6 is 0 Å². The fraction of sp³-hybridized carbons (Fsp3) is 0.100. The van der Waals surface area contributed by atoms with Crippen LogP contribution in [0.2, 0.25) is 0 Å². The quantitative estimate of drug-likeness (QED) is 0.631. The van der Waals surface area contributed by atoms with Gasteiger partial charge in [-0.05, 0) is 18.2 Å². The Morgan fingerprint density at radius 2 is 2.08 bits per heavy atom. The molecular weight excluding hydrogens is 152 g/mol. The highest BCUT2D eigenvalue weighted by Crippen LogP contribution is 2.07. The molecule has 0 aliphatic rings. The molecule has 0 aliphatic carbocycles. The van der Waals surface area contributed by atoms with Gasteiger partial charge in [-0.2, -0.15) is 0 Å². The van der Waals surface area contributed by atoms with Crippen LogP contribution in [-0.4, -0.2) is 12.4 Å². The molecule has 1 rings (SSSR count). The van der Waals surface area contributed by atoms with Crippen molar-refractivity contribution in [1.29, 1.82) is 0 Å². The van der Waals surface area contributed by atoms with Crippen molar-refractivity contribution in [3.8, 4) is 5.75 Å². The smallest absolute Gasteiger partial charge is 0.192 e. The lowest BCUT2D eigenvalue weighted by Gasteiger charge is -2.01. The van der Waals surface area contributed by atoms with E-state index in [1.807, 2.05) is 18.2 Å². The lowest BCUT2D eigenvalue weighted by atomic mass is 10.3. The van der Waals surface area contributed by atoms with Gasteiger partial charge in [-0.3, -0.25) is 4.79 Å². The van der Waals surface area contributed by atoms with E-state index in [1.54, 1.807) is 12.1 Å². The minimum atomic E-state index is -0.112. The highest BCUT2D eigenvalue weighted by atomic mass is 16.5. The fourth-order valence-electron chi connectivity index (χ4n) is 0.730. The first-order chi connectivity index (χ1) is 5.83. The molecule has 0 N–H and O–H groups in total. The number of hydrogen-bond acceptors (Lipinski definition) is 2. The molecule has 12 heavy (non-hydrogen) atoms. The number of carbonyl (C=O) groups excluding carboxylic acids is 1. The topological polar surface area (TPSA) is 26.3 Å². The van der Waals surface area contributed by atoms with Gasteiger partial charge in [-0.1, -0.05) is 24.8 Å². The molecule has 0 amide bonds. The molecule has 0 atom stereocenters. The van der Waals surface area contributed by atoms with Crippen molar-refractivity contribution < 1.29 is 9.53 Å². The summed E-state index contributed by atoms with van der Waals surface area (Å²) in [5.74, 6) is 0.589. The number of rotatable bonds is 4. The van der Waals surface area contributed by atoms with E-state index in [-0.39, 0.29) is 12.4 Å². The number of hydrogen-bond donors (Lipinski definition) is 0. The molecule has 0 aromatic heterocycles. The highest BCUT2D eigenvalue weighted by molar-refractivity contribution is 5.90. The van der Waals surface area contributed by atoms with Gasteiger partial charge in [-0.25, -0.2) is 0 Å². The van der Waals surface area contributed by atoms with Crippen molar-refractivity contribution in [2.45, 2.75) is 0 Å². The maximum atomic E-state index is 10.7. The van der Waals surface area contributed by atoms with Crippen molar-refractivity contribution in [3.05, 3.63) is 43.0 Å². The highest BCUT2D eigenvalue weighted by Gasteiger charge is 1.95. The third kappa shape index (κ3) is 2.58. The van der Waals surface area contributed by atoms with E-state index in [0.29, 0.717) is 5.75 Å². The molecule has 0 heterocycles. The van der Waals surface area contributed by atoms with Crippen LogP contribution in [0.3, 0.4) is 0 Å². The summed E-state index contributed by atoms with van der Waals surface area (Å²) in [6.07, 6.45) is 1.25. The Morgan fingerprint density at radius 1 is 1.42 bits per heavy atom. The van der Waals surface area contributed by atoms with Crippen LogP contribution in [0.1, 0.15) is 0 Å². The molecule has 0 radical (unpaired) electrons. The second-order valence-corrected chi connectivity index (χ2v) is 2.27. The van der Waals surface area contributed by atoms with Crippen molar-refractivity contribution >= 4 is 5.78 Å². The predicted octanol–water partition coefficient (Wildman–Crippen LogP) is 1.82. The standard InChI is InChI=1S/C10H10O2/c1-2-9(11)8-12-10-6-4-3-5-7-10/h2-7H,1,8H2. The van der Waals surface area contributed by atoms with Crippen LogP contribution in [0.4, 0.5) is 0 Å². The van der Waals surface area contributed by atoms with Gasteiger partial charge in [0, 0.05) is 0 Å². The molecule has 0 bridgehead atoms. The lowest BCUT2D eigenvalue weighted by Crippen LogP contribution is -2.07. The van der Waals surface area contributed by atoms with Gasteiger partial charge in [0.25, 0.3) is 0 Å². The molecule has 0 saturated carbocycles. The molecule has 62 valence electrons. The second-order valence-electron chi connectivity index (χ2n) is 2.27. The summed E-state index contributed by atoms with van der Waals surface area (Å²) in [5.41, 5.74) is 0. The Morgan fingerprint density at radius 3 is 2.67 bits per heavy atom. The third-order valence-electron chi connectivity index (χ3n) is 1.35. The largest absolute Gasteiger partial charge is 0.485 e. The molecular formula is C10H10O2. The average molecular weight is 162 g/mol. The molecule has 0 aliphatic heterocycles. The molecule has 0 fully saturated rings. The lowest BCUT2D eigenvalue weighted by molar-refractivity contribution is -0.116. The molecule has 1 aromatic carbocycles. The summed E-state index contributed by atoms with van der Waals surface area (Å²) in [4.78, 5) is 10.7. The zero-order valence-corrected chi connectivity index (χ0v) is 6.69. The number of carbonyl (C=O) groups is 1. The summed E-state index contributed by atoms with van der Waals surface area (Å²) >= 11 is 0. The molecule has 0 unspecified atom stereocenters. The summed E-state index contributed by atoms with van der Waals surface area (Å²) in [6.45, 7) is 3.41. The zero-order chi connectivity index (χ0) is 8.81. The second kappa shape index (κ2) is 4.34. The van der Waals surface area contributed by atoms with Gasteiger partial charge in [0.2, 0.25) is 0 Å². The molecule has 0 spiro atoms. The molecule has 0 saturated heterocycles. The van der Waals surface area contributed by atoms with E-state index in [4.69, 9.17) is 4.74 Å². The Kier molecular flexibility index (Phi) is 3.08. The predicted molar refractivity (Wildman–Crippen MR) is 47.1 cm³/mol. The summed E-state index contributed by atoms with van der Waals surface area (Å²) in [6, 6.07) is 9.20. The SMILES string of the molecule is C=CC(=O)COc1ccccc1. The van der Waals surface area contributed by atoms with Gasteiger partial charge in [0.15, 0.2) is 12.4 Å². The summed E-state index contributed by atoms with van der Waals surface area (Å²) < 4.78 is 5.14. The van der Waals surface area contributed by atoms with Crippen LogP contribution in [0.5, 0.6) is 5.75 Å². The maximum absolute atomic E-state index is 10.7. The van der Waals surface area contributed by atoms with Crippen LogP contribution < -0.4 is 4.74 Å². The number of para-hydroxylation sites is 1.